The van der Waals surface area contributed by atoms with Gasteiger partial charge in [0.2, 0.25) is 12.7 Å². The minimum Gasteiger partial charge on any atom is -0.489 e. The molecule has 4 rings (SSSR count). The number of carbonyl (C=O) groups is 1. The van der Waals surface area contributed by atoms with Crippen molar-refractivity contribution in [2.24, 2.45) is 0 Å². The SMILES string of the molecule is Cl.O=C(Nc1cccc(COc2ccc3c(c2)OCO3)c1)C1CSCN1. The molecule has 26 heavy (non-hydrogen) atoms. The molecule has 0 aromatic heterocycles. The van der Waals surface area contributed by atoms with Gasteiger partial charge in [0.15, 0.2) is 11.5 Å². The largest absolute Gasteiger partial charge is 0.489 e. The highest BCUT2D eigenvalue weighted by molar-refractivity contribution is 7.99. The Morgan fingerprint density at radius 1 is 1.23 bits per heavy atom. The molecular formula is C18H19ClN2O4S. The molecule has 2 aliphatic rings. The lowest BCUT2D eigenvalue weighted by molar-refractivity contribution is -0.117. The van der Waals surface area contributed by atoms with Gasteiger partial charge < -0.3 is 19.5 Å². The normalized spacial score (nSPS) is 17.5. The predicted molar refractivity (Wildman–Crippen MR) is 103 cm³/mol. The van der Waals surface area contributed by atoms with E-state index in [-0.39, 0.29) is 31.1 Å². The second kappa shape index (κ2) is 8.53. The van der Waals surface area contributed by atoms with E-state index in [9.17, 15) is 4.79 Å². The molecule has 0 aliphatic carbocycles. The second-order valence-electron chi connectivity index (χ2n) is 5.77. The number of amides is 1. The summed E-state index contributed by atoms with van der Waals surface area (Å²) in [5.41, 5.74) is 1.75. The van der Waals surface area contributed by atoms with E-state index in [0.29, 0.717) is 18.1 Å². The molecule has 1 saturated heterocycles. The van der Waals surface area contributed by atoms with Gasteiger partial charge in [0, 0.05) is 23.4 Å². The molecule has 2 heterocycles. The van der Waals surface area contributed by atoms with E-state index in [2.05, 4.69) is 10.6 Å². The molecule has 0 spiro atoms. The van der Waals surface area contributed by atoms with Crippen LogP contribution in [0, 0.1) is 0 Å². The van der Waals surface area contributed by atoms with Crippen molar-refractivity contribution in [2.45, 2.75) is 12.6 Å². The zero-order valence-corrected chi connectivity index (χ0v) is 15.5. The van der Waals surface area contributed by atoms with Crippen molar-refractivity contribution in [3.8, 4) is 17.2 Å². The van der Waals surface area contributed by atoms with Gasteiger partial charge in [-0.3, -0.25) is 10.1 Å². The molecule has 0 radical (unpaired) electrons. The van der Waals surface area contributed by atoms with Gasteiger partial charge in [-0.2, -0.15) is 0 Å². The third-order valence-electron chi connectivity index (χ3n) is 3.98. The average Bonchev–Trinajstić information content (AvgIpc) is 3.31. The third-order valence-corrected chi connectivity index (χ3v) is 4.92. The minimum absolute atomic E-state index is 0. The first-order valence-electron chi connectivity index (χ1n) is 8.01. The standard InChI is InChI=1S/C18H18N2O4S.ClH/c21-18(15-9-25-10-19-15)20-13-3-1-2-12(6-13)8-22-14-4-5-16-17(7-14)24-11-23-16;/h1-7,15,19H,8-11H2,(H,20,21);1H. The Kier molecular flexibility index (Phi) is 6.13. The van der Waals surface area contributed by atoms with E-state index >= 15 is 0 Å². The van der Waals surface area contributed by atoms with Gasteiger partial charge in [-0.1, -0.05) is 12.1 Å². The first-order chi connectivity index (χ1) is 12.3. The minimum atomic E-state index is -0.126. The van der Waals surface area contributed by atoms with Crippen LogP contribution in [0.5, 0.6) is 17.2 Å². The van der Waals surface area contributed by atoms with E-state index in [1.54, 1.807) is 11.8 Å². The summed E-state index contributed by atoms with van der Waals surface area (Å²) in [4.78, 5) is 12.2. The highest BCUT2D eigenvalue weighted by Crippen LogP contribution is 2.35. The molecule has 6 nitrogen and oxygen atoms in total. The van der Waals surface area contributed by atoms with E-state index in [1.807, 2.05) is 42.5 Å². The number of carbonyl (C=O) groups excluding carboxylic acids is 1. The van der Waals surface area contributed by atoms with E-state index in [4.69, 9.17) is 14.2 Å². The van der Waals surface area contributed by atoms with Crippen LogP contribution in [-0.2, 0) is 11.4 Å². The van der Waals surface area contributed by atoms with Crippen LogP contribution in [0.2, 0.25) is 0 Å². The summed E-state index contributed by atoms with van der Waals surface area (Å²) in [6.07, 6.45) is 0. The second-order valence-corrected chi connectivity index (χ2v) is 6.80. The van der Waals surface area contributed by atoms with Crippen molar-refractivity contribution < 1.29 is 19.0 Å². The fraction of sp³-hybridized carbons (Fsp3) is 0.278. The maximum absolute atomic E-state index is 12.2. The zero-order chi connectivity index (χ0) is 17.1. The molecule has 138 valence electrons. The number of hydrogen-bond acceptors (Lipinski definition) is 6. The zero-order valence-electron chi connectivity index (χ0n) is 13.9. The van der Waals surface area contributed by atoms with Gasteiger partial charge >= 0.3 is 0 Å². The molecule has 2 aliphatic heterocycles. The Balaban J connectivity index is 0.00000196. The number of thioether (sulfide) groups is 1. The van der Waals surface area contributed by atoms with Crippen LogP contribution < -0.4 is 24.8 Å². The van der Waals surface area contributed by atoms with E-state index in [1.165, 1.54) is 0 Å². The van der Waals surface area contributed by atoms with Crippen molar-refractivity contribution in [3.05, 3.63) is 48.0 Å². The molecule has 2 aromatic rings. The summed E-state index contributed by atoms with van der Waals surface area (Å²) < 4.78 is 16.4. The maximum Gasteiger partial charge on any atom is 0.242 e. The Morgan fingerprint density at radius 2 is 2.12 bits per heavy atom. The number of ether oxygens (including phenoxy) is 3. The fourth-order valence-corrected chi connectivity index (χ4v) is 3.61. The van der Waals surface area contributed by atoms with Crippen LogP contribution in [0.3, 0.4) is 0 Å². The molecule has 2 N–H and O–H groups in total. The molecule has 2 aromatic carbocycles. The van der Waals surface area contributed by atoms with Gasteiger partial charge in [0.05, 0.1) is 6.04 Å². The number of fused-ring (bicyclic) bond motifs is 1. The first kappa shape index (κ1) is 18.7. The van der Waals surface area contributed by atoms with Crippen LogP contribution in [0.4, 0.5) is 5.69 Å². The summed E-state index contributed by atoms with van der Waals surface area (Å²) in [6.45, 7) is 0.649. The highest BCUT2D eigenvalue weighted by Gasteiger charge is 2.22. The maximum atomic E-state index is 12.2. The van der Waals surface area contributed by atoms with Crippen LogP contribution in [-0.4, -0.2) is 30.4 Å². The molecule has 0 saturated carbocycles. The molecule has 1 unspecified atom stereocenters. The summed E-state index contributed by atoms with van der Waals surface area (Å²) in [5, 5.41) is 6.11. The smallest absolute Gasteiger partial charge is 0.242 e. The Labute approximate surface area is 162 Å². The van der Waals surface area contributed by atoms with Crippen molar-refractivity contribution in [2.75, 3.05) is 23.7 Å². The van der Waals surface area contributed by atoms with Gasteiger partial charge in [0.25, 0.3) is 0 Å². The van der Waals surface area contributed by atoms with Gasteiger partial charge in [-0.25, -0.2) is 0 Å². The summed E-state index contributed by atoms with van der Waals surface area (Å²) in [7, 11) is 0. The number of halogens is 1. The topological polar surface area (TPSA) is 68.8 Å². The predicted octanol–water partition coefficient (Wildman–Crippen LogP) is 3.02. The van der Waals surface area contributed by atoms with Gasteiger partial charge in [-0.15, -0.1) is 24.2 Å². The van der Waals surface area contributed by atoms with Gasteiger partial charge in [-0.05, 0) is 29.8 Å². The molecule has 1 amide bonds. The fourth-order valence-electron chi connectivity index (χ4n) is 2.67. The number of nitrogens with one attached hydrogen (secondary N) is 2. The lowest BCUT2D eigenvalue weighted by atomic mass is 10.2. The highest BCUT2D eigenvalue weighted by atomic mass is 35.5. The number of rotatable bonds is 5. The Hall–Kier alpha value is -2.09. The number of benzene rings is 2. The lowest BCUT2D eigenvalue weighted by Crippen LogP contribution is -2.37. The average molecular weight is 395 g/mol. The van der Waals surface area contributed by atoms with E-state index in [0.717, 1.165) is 28.6 Å². The summed E-state index contributed by atoms with van der Waals surface area (Å²) in [6, 6.07) is 13.0. The molecular weight excluding hydrogens is 376 g/mol. The quantitative estimate of drug-likeness (QED) is 0.812. The Bertz CT molecular complexity index is 784. The number of hydrogen-bond donors (Lipinski definition) is 2. The number of anilines is 1. The van der Waals surface area contributed by atoms with Crippen LogP contribution in [0.15, 0.2) is 42.5 Å². The molecule has 8 heteroatoms. The monoisotopic (exact) mass is 394 g/mol. The van der Waals surface area contributed by atoms with E-state index < -0.39 is 0 Å². The summed E-state index contributed by atoms with van der Waals surface area (Å²) >= 11 is 1.73. The van der Waals surface area contributed by atoms with Gasteiger partial charge in [0.1, 0.15) is 12.4 Å². The third kappa shape index (κ3) is 4.35. The summed E-state index contributed by atoms with van der Waals surface area (Å²) in [5.74, 6) is 3.76. The molecule has 1 atom stereocenters. The molecule has 1 fully saturated rings. The van der Waals surface area contributed by atoms with Crippen LogP contribution in [0.1, 0.15) is 5.56 Å². The van der Waals surface area contributed by atoms with Crippen molar-refractivity contribution in [1.29, 1.82) is 0 Å². The lowest BCUT2D eigenvalue weighted by Gasteiger charge is -2.12. The van der Waals surface area contributed by atoms with Crippen LogP contribution in [0.25, 0.3) is 0 Å². The van der Waals surface area contributed by atoms with Crippen molar-refractivity contribution in [1.82, 2.24) is 5.32 Å². The Morgan fingerprint density at radius 3 is 2.96 bits per heavy atom. The van der Waals surface area contributed by atoms with Crippen molar-refractivity contribution in [3.63, 3.8) is 0 Å². The van der Waals surface area contributed by atoms with Crippen molar-refractivity contribution >= 4 is 35.8 Å². The molecule has 0 bridgehead atoms. The van der Waals surface area contributed by atoms with Crippen LogP contribution >= 0.6 is 24.2 Å². The first-order valence-corrected chi connectivity index (χ1v) is 9.17.